The van der Waals surface area contributed by atoms with Crippen LogP contribution >= 0.6 is 23.4 Å². The molecule has 0 aliphatic heterocycles. The number of ketones is 1. The molecule has 0 spiro atoms. The van der Waals surface area contributed by atoms with Crippen LogP contribution in [0.3, 0.4) is 0 Å². The van der Waals surface area contributed by atoms with Gasteiger partial charge in [-0.2, -0.15) is 11.8 Å². The maximum Gasteiger partial charge on any atom is 0.176 e. The Labute approximate surface area is 119 Å². The van der Waals surface area contributed by atoms with Gasteiger partial charge in [0.15, 0.2) is 5.78 Å². The zero-order valence-corrected chi connectivity index (χ0v) is 12.7. The second-order valence-electron chi connectivity index (χ2n) is 4.48. The van der Waals surface area contributed by atoms with E-state index in [1.807, 2.05) is 30.9 Å². The van der Waals surface area contributed by atoms with Crippen LogP contribution in [0.4, 0.5) is 0 Å². The van der Waals surface area contributed by atoms with Crippen molar-refractivity contribution in [3.8, 4) is 0 Å². The van der Waals surface area contributed by atoms with E-state index in [-0.39, 0.29) is 5.78 Å². The predicted molar refractivity (Wildman–Crippen MR) is 80.9 cm³/mol. The quantitative estimate of drug-likeness (QED) is 0.714. The van der Waals surface area contributed by atoms with Crippen LogP contribution < -0.4 is 0 Å². The molecule has 0 aliphatic carbocycles. The van der Waals surface area contributed by atoms with Gasteiger partial charge in [0.1, 0.15) is 0 Å². The summed E-state index contributed by atoms with van der Waals surface area (Å²) in [4.78, 5) is 14.2. The van der Waals surface area contributed by atoms with Crippen molar-refractivity contribution >= 4 is 29.1 Å². The Morgan fingerprint density at radius 2 is 2.22 bits per heavy atom. The normalized spacial score (nSPS) is 12.7. The number of carbonyl (C=O) groups is 1. The van der Waals surface area contributed by atoms with Crippen LogP contribution in [0.5, 0.6) is 0 Å². The van der Waals surface area contributed by atoms with E-state index in [2.05, 4.69) is 18.1 Å². The Balaban J connectivity index is 2.54. The third kappa shape index (κ3) is 5.01. The first-order valence-electron chi connectivity index (χ1n) is 6.02. The van der Waals surface area contributed by atoms with E-state index >= 15 is 0 Å². The number of thioether (sulfide) groups is 1. The van der Waals surface area contributed by atoms with Crippen LogP contribution in [-0.2, 0) is 0 Å². The lowest BCUT2D eigenvalue weighted by Crippen LogP contribution is -2.34. The first-order chi connectivity index (χ1) is 8.54. The van der Waals surface area contributed by atoms with Gasteiger partial charge in [0.25, 0.3) is 0 Å². The van der Waals surface area contributed by atoms with Crippen molar-refractivity contribution in [1.29, 1.82) is 0 Å². The summed E-state index contributed by atoms with van der Waals surface area (Å²) in [6.07, 6.45) is 3.20. The molecule has 4 heteroatoms. The maximum absolute atomic E-state index is 12.1. The molecule has 0 aliphatic rings. The number of carbonyl (C=O) groups excluding carboxylic acids is 1. The van der Waals surface area contributed by atoms with Crippen LogP contribution in [0, 0.1) is 0 Å². The summed E-state index contributed by atoms with van der Waals surface area (Å²) in [6, 6.07) is 7.55. The number of benzene rings is 1. The summed E-state index contributed by atoms with van der Waals surface area (Å²) in [5, 5.41) is 0.610. The van der Waals surface area contributed by atoms with E-state index in [4.69, 9.17) is 11.6 Å². The smallest absolute Gasteiger partial charge is 0.176 e. The zero-order chi connectivity index (χ0) is 13.5. The van der Waals surface area contributed by atoms with Crippen LogP contribution in [0.15, 0.2) is 24.3 Å². The average molecular weight is 286 g/mol. The molecule has 0 radical (unpaired) electrons. The molecule has 18 heavy (non-hydrogen) atoms. The molecule has 1 unspecified atom stereocenters. The fourth-order valence-corrected chi connectivity index (χ4v) is 2.41. The highest BCUT2D eigenvalue weighted by atomic mass is 35.5. The molecular formula is C14H20ClNOS. The van der Waals surface area contributed by atoms with Gasteiger partial charge in [-0.15, -0.1) is 0 Å². The van der Waals surface area contributed by atoms with Gasteiger partial charge in [0.2, 0.25) is 0 Å². The molecule has 1 atom stereocenters. The first-order valence-corrected chi connectivity index (χ1v) is 7.79. The second kappa shape index (κ2) is 7.82. The van der Waals surface area contributed by atoms with Crippen molar-refractivity contribution in [3.63, 3.8) is 0 Å². The Hall–Kier alpha value is -0.510. The van der Waals surface area contributed by atoms with Crippen molar-refractivity contribution in [3.05, 3.63) is 34.9 Å². The van der Waals surface area contributed by atoms with Crippen molar-refractivity contribution in [2.45, 2.75) is 19.4 Å². The molecule has 1 aromatic carbocycles. The van der Waals surface area contributed by atoms with Crippen LogP contribution in [-0.4, -0.2) is 42.3 Å². The maximum atomic E-state index is 12.1. The number of hydrogen-bond donors (Lipinski definition) is 0. The molecule has 0 saturated carbocycles. The fraction of sp³-hybridized carbons (Fsp3) is 0.500. The number of hydrogen-bond acceptors (Lipinski definition) is 3. The summed E-state index contributed by atoms with van der Waals surface area (Å²) in [7, 11) is 1.99. The number of likely N-dealkylation sites (N-methyl/N-ethyl adjacent to an activating group) is 1. The number of rotatable bonds is 7. The molecule has 0 N–H and O–H groups in total. The van der Waals surface area contributed by atoms with Crippen molar-refractivity contribution < 1.29 is 4.79 Å². The first kappa shape index (κ1) is 15.5. The van der Waals surface area contributed by atoms with E-state index in [1.54, 1.807) is 12.1 Å². The van der Waals surface area contributed by atoms with Crippen molar-refractivity contribution in [2.75, 3.05) is 25.6 Å². The van der Waals surface area contributed by atoms with Gasteiger partial charge in [-0.05, 0) is 44.5 Å². The number of nitrogens with zero attached hydrogens (tertiary/aromatic N) is 1. The molecule has 1 aromatic rings. The zero-order valence-electron chi connectivity index (χ0n) is 11.1. The minimum Gasteiger partial charge on any atom is -0.296 e. The molecule has 100 valence electrons. The standard InChI is InChI=1S/C14H20ClNOS/c1-11(7-8-18-3)16(2)10-14(17)12-5-4-6-13(15)9-12/h4-6,9,11H,7-8,10H2,1-3H3. The van der Waals surface area contributed by atoms with E-state index in [0.29, 0.717) is 23.2 Å². The number of halogens is 1. The van der Waals surface area contributed by atoms with Crippen molar-refractivity contribution in [1.82, 2.24) is 4.90 Å². The van der Waals surface area contributed by atoms with E-state index in [9.17, 15) is 4.79 Å². The Morgan fingerprint density at radius 1 is 1.50 bits per heavy atom. The van der Waals surface area contributed by atoms with Gasteiger partial charge in [0.05, 0.1) is 6.54 Å². The van der Waals surface area contributed by atoms with Crippen LogP contribution in [0.25, 0.3) is 0 Å². The van der Waals surface area contributed by atoms with Crippen LogP contribution in [0.1, 0.15) is 23.7 Å². The number of Topliss-reactive ketones (excluding diaryl/α,β-unsaturated/α-hetero) is 1. The van der Waals surface area contributed by atoms with Gasteiger partial charge in [0, 0.05) is 16.6 Å². The lowest BCUT2D eigenvalue weighted by Gasteiger charge is -2.23. The highest BCUT2D eigenvalue weighted by Gasteiger charge is 2.14. The van der Waals surface area contributed by atoms with Crippen molar-refractivity contribution in [2.24, 2.45) is 0 Å². The minimum absolute atomic E-state index is 0.121. The summed E-state index contributed by atoms with van der Waals surface area (Å²) in [6.45, 7) is 2.59. The predicted octanol–water partition coefficient (Wildman–Crippen LogP) is 3.60. The Morgan fingerprint density at radius 3 is 2.83 bits per heavy atom. The topological polar surface area (TPSA) is 20.3 Å². The highest BCUT2D eigenvalue weighted by Crippen LogP contribution is 2.12. The molecule has 0 saturated heterocycles. The average Bonchev–Trinajstić information content (AvgIpc) is 2.35. The minimum atomic E-state index is 0.121. The summed E-state index contributed by atoms with van der Waals surface area (Å²) < 4.78 is 0. The van der Waals surface area contributed by atoms with Crippen LogP contribution in [0.2, 0.25) is 5.02 Å². The largest absolute Gasteiger partial charge is 0.296 e. The van der Waals surface area contributed by atoms with E-state index < -0.39 is 0 Å². The molecule has 2 nitrogen and oxygen atoms in total. The van der Waals surface area contributed by atoms with Gasteiger partial charge in [-0.3, -0.25) is 9.69 Å². The molecule has 0 aromatic heterocycles. The lowest BCUT2D eigenvalue weighted by atomic mass is 10.1. The third-order valence-corrected chi connectivity index (χ3v) is 3.91. The SMILES string of the molecule is CSCCC(C)N(C)CC(=O)c1cccc(Cl)c1. The van der Waals surface area contributed by atoms with Gasteiger partial charge in [-0.1, -0.05) is 23.7 Å². The van der Waals surface area contributed by atoms with Gasteiger partial charge >= 0.3 is 0 Å². The lowest BCUT2D eigenvalue weighted by molar-refractivity contribution is 0.0923. The highest BCUT2D eigenvalue weighted by molar-refractivity contribution is 7.98. The molecule has 0 heterocycles. The van der Waals surface area contributed by atoms with E-state index in [1.165, 1.54) is 0 Å². The van der Waals surface area contributed by atoms with Gasteiger partial charge < -0.3 is 0 Å². The molecule has 0 fully saturated rings. The fourth-order valence-electron chi connectivity index (χ4n) is 1.64. The Bertz CT molecular complexity index is 397. The summed E-state index contributed by atoms with van der Waals surface area (Å²) in [5.74, 6) is 1.24. The molecule has 0 amide bonds. The molecular weight excluding hydrogens is 266 g/mol. The monoisotopic (exact) mass is 285 g/mol. The summed E-state index contributed by atoms with van der Waals surface area (Å²) in [5.41, 5.74) is 0.686. The molecule has 1 rings (SSSR count). The second-order valence-corrected chi connectivity index (χ2v) is 5.90. The third-order valence-electron chi connectivity index (χ3n) is 3.03. The Kier molecular flexibility index (Phi) is 6.76. The van der Waals surface area contributed by atoms with E-state index in [0.717, 1.165) is 12.2 Å². The summed E-state index contributed by atoms with van der Waals surface area (Å²) >= 11 is 7.72. The van der Waals surface area contributed by atoms with Gasteiger partial charge in [-0.25, -0.2) is 0 Å². The molecule has 0 bridgehead atoms.